The number of benzene rings is 3. The number of hydrogen-bond donors (Lipinski definition) is 0. The molecule has 0 fully saturated rings. The number of hydrogen-bond acceptors (Lipinski definition) is 4. The second kappa shape index (κ2) is 7.72. The number of aromatic nitrogens is 2. The molecule has 0 saturated heterocycles. The molecule has 5 nitrogen and oxygen atoms in total. The van der Waals surface area contributed by atoms with Gasteiger partial charge in [-0.25, -0.2) is 4.98 Å². The molecule has 0 atom stereocenters. The molecule has 5 aromatic rings. The summed E-state index contributed by atoms with van der Waals surface area (Å²) in [6, 6.07) is 24.8. The Hall–Kier alpha value is -4.12. The Labute approximate surface area is 172 Å². The molecular weight excluding hydrogens is 376 g/mol. The van der Waals surface area contributed by atoms with Crippen LogP contribution in [0.1, 0.15) is 5.56 Å². The average Bonchev–Trinajstić information content (AvgIpc) is 3.33. The number of ether oxygens (including phenoxy) is 1. The fourth-order valence-corrected chi connectivity index (χ4v) is 3.41. The van der Waals surface area contributed by atoms with Gasteiger partial charge in [-0.15, -0.1) is 0 Å². The fraction of sp³-hybridized carbons (Fsp3) is 0.0400. The fourth-order valence-electron chi connectivity index (χ4n) is 3.41. The summed E-state index contributed by atoms with van der Waals surface area (Å²) >= 11 is 0. The average molecular weight is 394 g/mol. The number of rotatable bonds is 5. The van der Waals surface area contributed by atoms with E-state index in [0.29, 0.717) is 34.8 Å². The Kier molecular flexibility index (Phi) is 4.62. The maximum Gasteiger partial charge on any atom is 0.217 e. The highest BCUT2D eigenvalue weighted by atomic mass is 16.5. The van der Waals surface area contributed by atoms with Gasteiger partial charge < -0.3 is 9.15 Å². The lowest BCUT2D eigenvalue weighted by molar-refractivity contribution is 0.306. The third kappa shape index (κ3) is 3.37. The topological polar surface area (TPSA) is 57.3 Å². The van der Waals surface area contributed by atoms with E-state index in [0.717, 1.165) is 11.1 Å². The van der Waals surface area contributed by atoms with E-state index in [2.05, 4.69) is 4.98 Å². The summed E-state index contributed by atoms with van der Waals surface area (Å²) in [7, 11) is 0. The summed E-state index contributed by atoms with van der Waals surface area (Å²) in [4.78, 5) is 17.5. The molecule has 3 aromatic carbocycles. The van der Waals surface area contributed by atoms with Gasteiger partial charge >= 0.3 is 0 Å². The molecule has 0 saturated carbocycles. The third-order valence-electron chi connectivity index (χ3n) is 4.89. The van der Waals surface area contributed by atoms with E-state index >= 15 is 0 Å². The molecule has 0 spiro atoms. The Bertz CT molecular complexity index is 1340. The van der Waals surface area contributed by atoms with Gasteiger partial charge in [0.1, 0.15) is 24.3 Å². The molecule has 2 heterocycles. The van der Waals surface area contributed by atoms with Gasteiger partial charge in [0.2, 0.25) is 11.3 Å². The van der Waals surface area contributed by atoms with Crippen LogP contribution in [-0.4, -0.2) is 9.55 Å². The number of nitrogens with zero attached hydrogens (tertiary/aromatic N) is 2. The highest BCUT2D eigenvalue weighted by molar-refractivity contribution is 5.85. The van der Waals surface area contributed by atoms with Gasteiger partial charge in [-0.1, -0.05) is 60.7 Å². The van der Waals surface area contributed by atoms with Crippen molar-refractivity contribution in [2.75, 3.05) is 0 Å². The van der Waals surface area contributed by atoms with Crippen LogP contribution in [0.4, 0.5) is 0 Å². The lowest BCUT2D eigenvalue weighted by Crippen LogP contribution is -2.10. The maximum atomic E-state index is 13.4. The summed E-state index contributed by atoms with van der Waals surface area (Å²) in [5, 5.41) is 0.504. The van der Waals surface area contributed by atoms with Gasteiger partial charge in [-0.05, 0) is 23.3 Å². The molecule has 2 aromatic heterocycles. The van der Waals surface area contributed by atoms with E-state index in [1.165, 1.54) is 0 Å². The molecule has 0 aliphatic rings. The van der Waals surface area contributed by atoms with E-state index in [4.69, 9.17) is 9.15 Å². The monoisotopic (exact) mass is 394 g/mol. The molecule has 0 unspecified atom stereocenters. The Balaban J connectivity index is 1.62. The largest absolute Gasteiger partial charge is 0.489 e. The van der Waals surface area contributed by atoms with Crippen LogP contribution in [-0.2, 0) is 6.61 Å². The lowest BCUT2D eigenvalue weighted by atomic mass is 10.0. The van der Waals surface area contributed by atoms with Crippen molar-refractivity contribution >= 4 is 11.0 Å². The van der Waals surface area contributed by atoms with Crippen LogP contribution < -0.4 is 10.2 Å². The van der Waals surface area contributed by atoms with Gasteiger partial charge in [0.05, 0.1) is 10.9 Å². The van der Waals surface area contributed by atoms with Crippen molar-refractivity contribution in [1.29, 1.82) is 0 Å². The molecule has 0 amide bonds. The first-order valence-electron chi connectivity index (χ1n) is 9.61. The summed E-state index contributed by atoms with van der Waals surface area (Å²) in [6.45, 7) is 0.438. The molecule has 146 valence electrons. The molecule has 0 N–H and O–H groups in total. The van der Waals surface area contributed by atoms with E-state index in [1.54, 1.807) is 41.5 Å². The van der Waals surface area contributed by atoms with Crippen LogP contribution >= 0.6 is 0 Å². The van der Waals surface area contributed by atoms with Crippen molar-refractivity contribution in [3.05, 3.63) is 113 Å². The van der Waals surface area contributed by atoms with Crippen LogP contribution in [0.3, 0.4) is 0 Å². The molecule has 0 radical (unpaired) electrons. The number of fused-ring (bicyclic) bond motifs is 1. The first-order valence-corrected chi connectivity index (χ1v) is 9.61. The predicted octanol–water partition coefficient (Wildman–Crippen LogP) is 5.22. The minimum Gasteiger partial charge on any atom is -0.489 e. The van der Waals surface area contributed by atoms with Crippen LogP contribution in [0.15, 0.2) is 107 Å². The Morgan fingerprint density at radius 3 is 2.43 bits per heavy atom. The van der Waals surface area contributed by atoms with Gasteiger partial charge in [-0.2, -0.15) is 0 Å². The Morgan fingerprint density at radius 1 is 0.933 bits per heavy atom. The van der Waals surface area contributed by atoms with Crippen LogP contribution in [0.2, 0.25) is 0 Å². The molecule has 0 aliphatic heterocycles. The van der Waals surface area contributed by atoms with Crippen molar-refractivity contribution in [1.82, 2.24) is 9.55 Å². The molecule has 0 bridgehead atoms. The third-order valence-corrected chi connectivity index (χ3v) is 4.89. The van der Waals surface area contributed by atoms with E-state index < -0.39 is 0 Å². The van der Waals surface area contributed by atoms with Gasteiger partial charge in [0.25, 0.3) is 0 Å². The minimum absolute atomic E-state index is 0.0965. The molecule has 5 heteroatoms. The quantitative estimate of drug-likeness (QED) is 0.410. The second-order valence-corrected chi connectivity index (χ2v) is 6.88. The highest BCUT2D eigenvalue weighted by Gasteiger charge is 2.18. The second-order valence-electron chi connectivity index (χ2n) is 6.88. The highest BCUT2D eigenvalue weighted by Crippen LogP contribution is 2.29. The van der Waals surface area contributed by atoms with E-state index in [1.807, 2.05) is 60.7 Å². The number of imidazole rings is 1. The normalized spacial score (nSPS) is 10.9. The summed E-state index contributed by atoms with van der Waals surface area (Å²) < 4.78 is 13.8. The van der Waals surface area contributed by atoms with Gasteiger partial charge in [0, 0.05) is 18.5 Å². The van der Waals surface area contributed by atoms with E-state index in [-0.39, 0.29) is 5.43 Å². The van der Waals surface area contributed by atoms with E-state index in [9.17, 15) is 4.79 Å². The van der Waals surface area contributed by atoms with Gasteiger partial charge in [0.15, 0.2) is 0 Å². The molecule has 5 rings (SSSR count). The Morgan fingerprint density at radius 2 is 1.70 bits per heavy atom. The smallest absolute Gasteiger partial charge is 0.217 e. The molecular formula is C25H18N2O3. The first-order chi connectivity index (χ1) is 14.8. The van der Waals surface area contributed by atoms with Crippen LogP contribution in [0, 0.1) is 0 Å². The van der Waals surface area contributed by atoms with Crippen molar-refractivity contribution in [3.8, 4) is 22.8 Å². The zero-order chi connectivity index (χ0) is 20.3. The van der Waals surface area contributed by atoms with Gasteiger partial charge in [-0.3, -0.25) is 9.36 Å². The van der Waals surface area contributed by atoms with Crippen molar-refractivity contribution < 1.29 is 9.15 Å². The minimum atomic E-state index is -0.0965. The zero-order valence-electron chi connectivity index (χ0n) is 16.1. The maximum absolute atomic E-state index is 13.4. The zero-order valence-corrected chi connectivity index (χ0v) is 16.1. The van der Waals surface area contributed by atoms with Crippen molar-refractivity contribution in [3.63, 3.8) is 0 Å². The van der Waals surface area contributed by atoms with Crippen molar-refractivity contribution in [2.45, 2.75) is 6.61 Å². The first kappa shape index (κ1) is 17.9. The van der Waals surface area contributed by atoms with Crippen LogP contribution in [0.5, 0.6) is 5.75 Å². The SMILES string of the molecule is O=c1c(-c2ccccc2)c(-n2ccnc2)oc2cc(OCc3ccccc3)ccc12. The molecule has 0 aliphatic carbocycles. The standard InChI is InChI=1S/C25H18N2O3/c28-24-21-12-11-20(29-16-18-7-3-1-4-8-18)15-22(21)30-25(27-14-13-26-17-27)23(24)19-9-5-2-6-10-19/h1-15,17H,16H2. The van der Waals surface area contributed by atoms with Crippen molar-refractivity contribution in [2.24, 2.45) is 0 Å². The summed E-state index contributed by atoms with van der Waals surface area (Å²) in [6.07, 6.45) is 5.02. The predicted molar refractivity (Wildman–Crippen MR) is 116 cm³/mol. The van der Waals surface area contributed by atoms with Crippen LogP contribution in [0.25, 0.3) is 28.0 Å². The summed E-state index contributed by atoms with van der Waals surface area (Å²) in [5.74, 6) is 1.06. The molecule has 30 heavy (non-hydrogen) atoms. The summed E-state index contributed by atoms with van der Waals surface area (Å²) in [5.41, 5.74) is 2.73. The lowest BCUT2D eigenvalue weighted by Gasteiger charge is -2.12.